The normalized spacial score (nSPS) is 28.1. The molecular formula is C13H17NO. The van der Waals surface area contributed by atoms with Gasteiger partial charge < -0.3 is 10.1 Å². The van der Waals surface area contributed by atoms with Crippen molar-refractivity contribution in [2.45, 2.75) is 31.7 Å². The molecule has 2 aliphatic heterocycles. The highest BCUT2D eigenvalue weighted by Crippen LogP contribution is 2.39. The smallest absolute Gasteiger partial charge is 0.0555 e. The number of fused-ring (bicyclic) bond motifs is 3. The average molecular weight is 203 g/mol. The highest BCUT2D eigenvalue weighted by molar-refractivity contribution is 5.60. The van der Waals surface area contributed by atoms with Gasteiger partial charge in [-0.15, -0.1) is 0 Å². The maximum Gasteiger partial charge on any atom is 0.0555 e. The van der Waals surface area contributed by atoms with Crippen LogP contribution in [0.3, 0.4) is 0 Å². The molecule has 2 unspecified atom stereocenters. The van der Waals surface area contributed by atoms with Gasteiger partial charge in [0.2, 0.25) is 0 Å². The fourth-order valence-electron chi connectivity index (χ4n) is 2.69. The Kier molecular flexibility index (Phi) is 2.17. The van der Waals surface area contributed by atoms with Crippen molar-refractivity contribution in [3.8, 4) is 0 Å². The van der Waals surface area contributed by atoms with Gasteiger partial charge in [-0.2, -0.15) is 0 Å². The lowest BCUT2D eigenvalue weighted by Gasteiger charge is -2.25. The van der Waals surface area contributed by atoms with Gasteiger partial charge in [0.05, 0.1) is 6.61 Å². The fraction of sp³-hybridized carbons (Fsp3) is 0.538. The van der Waals surface area contributed by atoms with Crippen LogP contribution in [0, 0.1) is 0 Å². The SMILES string of the molecule is CCc1ccc2c(c1)C1COCCC1N2. The lowest BCUT2D eigenvalue weighted by Crippen LogP contribution is -2.30. The molecule has 1 aromatic rings. The molecule has 2 atom stereocenters. The van der Waals surface area contributed by atoms with E-state index in [-0.39, 0.29) is 0 Å². The second-order valence-corrected chi connectivity index (χ2v) is 4.50. The van der Waals surface area contributed by atoms with Crippen molar-refractivity contribution in [1.29, 1.82) is 0 Å². The van der Waals surface area contributed by atoms with E-state index >= 15 is 0 Å². The molecule has 2 aliphatic rings. The van der Waals surface area contributed by atoms with Gasteiger partial charge in [0.15, 0.2) is 0 Å². The number of aryl methyl sites for hydroxylation is 1. The Morgan fingerprint density at radius 1 is 1.47 bits per heavy atom. The molecule has 15 heavy (non-hydrogen) atoms. The van der Waals surface area contributed by atoms with E-state index in [1.807, 2.05) is 0 Å². The van der Waals surface area contributed by atoms with Gasteiger partial charge in [0.25, 0.3) is 0 Å². The molecule has 3 rings (SSSR count). The third-order valence-corrected chi connectivity index (χ3v) is 3.62. The molecule has 1 saturated heterocycles. The summed E-state index contributed by atoms with van der Waals surface area (Å²) < 4.78 is 5.57. The van der Waals surface area contributed by atoms with Crippen molar-refractivity contribution in [3.63, 3.8) is 0 Å². The Labute approximate surface area is 90.6 Å². The van der Waals surface area contributed by atoms with Crippen LogP contribution in [0.5, 0.6) is 0 Å². The van der Waals surface area contributed by atoms with E-state index in [0.717, 1.165) is 26.1 Å². The van der Waals surface area contributed by atoms with Gasteiger partial charge in [-0.1, -0.05) is 19.1 Å². The number of hydrogen-bond acceptors (Lipinski definition) is 2. The molecule has 1 N–H and O–H groups in total. The molecule has 2 heteroatoms. The van der Waals surface area contributed by atoms with Crippen molar-refractivity contribution in [3.05, 3.63) is 29.3 Å². The lowest BCUT2D eigenvalue weighted by molar-refractivity contribution is 0.0768. The summed E-state index contributed by atoms with van der Waals surface area (Å²) in [6.45, 7) is 4.00. The standard InChI is InChI=1S/C13H17NO/c1-2-9-3-4-12-10(7-9)11-8-15-6-5-13(11)14-12/h3-4,7,11,13-14H,2,5-6,8H2,1H3. The van der Waals surface area contributed by atoms with Gasteiger partial charge in [-0.3, -0.25) is 0 Å². The minimum atomic E-state index is 0.584. The van der Waals surface area contributed by atoms with Crippen LogP contribution in [0.4, 0.5) is 5.69 Å². The first-order valence-electron chi connectivity index (χ1n) is 5.85. The Bertz CT molecular complexity index is 375. The summed E-state index contributed by atoms with van der Waals surface area (Å²) in [5.74, 6) is 0.584. The van der Waals surface area contributed by atoms with Crippen LogP contribution in [0.2, 0.25) is 0 Å². The molecule has 0 radical (unpaired) electrons. The zero-order valence-electron chi connectivity index (χ0n) is 9.12. The Balaban J connectivity index is 1.98. The fourth-order valence-corrected chi connectivity index (χ4v) is 2.69. The summed E-state index contributed by atoms with van der Waals surface area (Å²) in [4.78, 5) is 0. The molecular weight excluding hydrogens is 186 g/mol. The maximum absolute atomic E-state index is 5.57. The molecule has 0 amide bonds. The van der Waals surface area contributed by atoms with E-state index in [4.69, 9.17) is 4.74 Å². The summed E-state index contributed by atoms with van der Waals surface area (Å²) in [6, 6.07) is 7.42. The van der Waals surface area contributed by atoms with Crippen molar-refractivity contribution >= 4 is 5.69 Å². The minimum Gasteiger partial charge on any atom is -0.381 e. The Hall–Kier alpha value is -1.02. The molecule has 0 aliphatic carbocycles. The van der Waals surface area contributed by atoms with Gasteiger partial charge in [0.1, 0.15) is 0 Å². The first kappa shape index (κ1) is 9.22. The molecule has 0 saturated carbocycles. The van der Waals surface area contributed by atoms with E-state index in [0.29, 0.717) is 12.0 Å². The average Bonchev–Trinajstić information content (AvgIpc) is 2.66. The minimum absolute atomic E-state index is 0.584. The Morgan fingerprint density at radius 2 is 2.40 bits per heavy atom. The van der Waals surface area contributed by atoms with E-state index in [1.165, 1.54) is 16.8 Å². The summed E-state index contributed by atoms with van der Waals surface area (Å²) >= 11 is 0. The third-order valence-electron chi connectivity index (χ3n) is 3.62. The van der Waals surface area contributed by atoms with Crippen LogP contribution < -0.4 is 5.32 Å². The predicted molar refractivity (Wildman–Crippen MR) is 61.4 cm³/mol. The molecule has 1 aromatic carbocycles. The van der Waals surface area contributed by atoms with Crippen LogP contribution in [0.15, 0.2) is 18.2 Å². The molecule has 1 fully saturated rings. The van der Waals surface area contributed by atoms with E-state index in [1.54, 1.807) is 0 Å². The highest BCUT2D eigenvalue weighted by atomic mass is 16.5. The number of rotatable bonds is 1. The van der Waals surface area contributed by atoms with Crippen molar-refractivity contribution in [1.82, 2.24) is 0 Å². The van der Waals surface area contributed by atoms with E-state index < -0.39 is 0 Å². The molecule has 80 valence electrons. The second kappa shape index (κ2) is 3.53. The zero-order valence-corrected chi connectivity index (χ0v) is 9.12. The lowest BCUT2D eigenvalue weighted by atomic mass is 9.91. The predicted octanol–water partition coefficient (Wildman–Crippen LogP) is 2.55. The van der Waals surface area contributed by atoms with Crippen molar-refractivity contribution in [2.24, 2.45) is 0 Å². The summed E-state index contributed by atoms with van der Waals surface area (Å²) in [5.41, 5.74) is 4.23. The van der Waals surface area contributed by atoms with E-state index in [2.05, 4.69) is 30.4 Å². The number of benzene rings is 1. The molecule has 2 heterocycles. The zero-order chi connectivity index (χ0) is 10.3. The number of ether oxygens (including phenoxy) is 1. The van der Waals surface area contributed by atoms with Crippen LogP contribution in [0.25, 0.3) is 0 Å². The van der Waals surface area contributed by atoms with Gasteiger partial charge in [-0.25, -0.2) is 0 Å². The summed E-state index contributed by atoms with van der Waals surface area (Å²) in [7, 11) is 0. The van der Waals surface area contributed by atoms with Crippen molar-refractivity contribution < 1.29 is 4.74 Å². The van der Waals surface area contributed by atoms with Gasteiger partial charge in [0, 0.05) is 24.3 Å². The summed E-state index contributed by atoms with van der Waals surface area (Å²) in [5, 5.41) is 3.61. The van der Waals surface area contributed by atoms with Crippen molar-refractivity contribution in [2.75, 3.05) is 18.5 Å². The third kappa shape index (κ3) is 1.44. The maximum atomic E-state index is 5.57. The molecule has 0 spiro atoms. The van der Waals surface area contributed by atoms with Crippen LogP contribution in [0.1, 0.15) is 30.4 Å². The largest absolute Gasteiger partial charge is 0.381 e. The molecule has 0 bridgehead atoms. The first-order valence-corrected chi connectivity index (χ1v) is 5.85. The molecule has 0 aromatic heterocycles. The monoisotopic (exact) mass is 203 g/mol. The first-order chi connectivity index (χ1) is 7.38. The number of nitrogens with one attached hydrogen (secondary N) is 1. The van der Waals surface area contributed by atoms with Crippen LogP contribution in [-0.4, -0.2) is 19.3 Å². The van der Waals surface area contributed by atoms with Gasteiger partial charge in [-0.05, 0) is 30.0 Å². The van der Waals surface area contributed by atoms with Crippen LogP contribution in [-0.2, 0) is 11.2 Å². The quantitative estimate of drug-likeness (QED) is 0.757. The number of hydrogen-bond donors (Lipinski definition) is 1. The Morgan fingerprint density at radius 3 is 3.27 bits per heavy atom. The summed E-state index contributed by atoms with van der Waals surface area (Å²) in [6.07, 6.45) is 2.26. The highest BCUT2D eigenvalue weighted by Gasteiger charge is 2.34. The van der Waals surface area contributed by atoms with Crippen LogP contribution >= 0.6 is 0 Å². The topological polar surface area (TPSA) is 21.3 Å². The molecule has 2 nitrogen and oxygen atoms in total. The van der Waals surface area contributed by atoms with Gasteiger partial charge >= 0.3 is 0 Å². The number of anilines is 1. The second-order valence-electron chi connectivity index (χ2n) is 4.50. The van der Waals surface area contributed by atoms with E-state index in [9.17, 15) is 0 Å².